The van der Waals surface area contributed by atoms with E-state index in [4.69, 9.17) is 0 Å². The van der Waals surface area contributed by atoms with Gasteiger partial charge in [0.15, 0.2) is 0 Å². The van der Waals surface area contributed by atoms with Crippen LogP contribution in [0, 0.1) is 11.8 Å². The Bertz CT molecular complexity index is 209. The summed E-state index contributed by atoms with van der Waals surface area (Å²) in [7, 11) is 2.32. The first-order valence-corrected chi connectivity index (χ1v) is 8.56. The van der Waals surface area contributed by atoms with E-state index in [1.54, 1.807) is 0 Å². The molecule has 1 N–H and O–H groups in total. The van der Waals surface area contributed by atoms with Crippen LogP contribution in [0.4, 0.5) is 0 Å². The van der Waals surface area contributed by atoms with Crippen molar-refractivity contribution in [3.05, 3.63) is 0 Å². The van der Waals surface area contributed by atoms with Crippen molar-refractivity contribution in [1.29, 1.82) is 0 Å². The Hall–Kier alpha value is -0.0800. The maximum atomic E-state index is 3.45. The Labute approximate surface area is 121 Å². The quantitative estimate of drug-likeness (QED) is 0.638. The number of unbranched alkanes of at least 4 members (excludes halogenated alkanes) is 2. The van der Waals surface area contributed by atoms with Gasteiger partial charge in [0.2, 0.25) is 0 Å². The first-order valence-electron chi connectivity index (χ1n) is 8.56. The van der Waals surface area contributed by atoms with Crippen molar-refractivity contribution in [2.75, 3.05) is 26.7 Å². The molecule has 0 aromatic heterocycles. The Morgan fingerprint density at radius 3 is 2.37 bits per heavy atom. The molecule has 0 amide bonds. The van der Waals surface area contributed by atoms with Gasteiger partial charge in [0.05, 0.1) is 0 Å². The number of rotatable bonds is 9. The van der Waals surface area contributed by atoms with Crippen molar-refractivity contribution in [1.82, 2.24) is 10.2 Å². The van der Waals surface area contributed by atoms with E-state index in [0.717, 1.165) is 17.9 Å². The summed E-state index contributed by atoms with van der Waals surface area (Å²) in [5.41, 5.74) is 0. The fraction of sp³-hybridized carbons (Fsp3) is 1.00. The Kier molecular flexibility index (Phi) is 8.72. The minimum atomic E-state index is 0.834. The molecule has 0 radical (unpaired) electrons. The zero-order valence-corrected chi connectivity index (χ0v) is 13.8. The van der Waals surface area contributed by atoms with E-state index in [1.165, 1.54) is 64.6 Å². The lowest BCUT2D eigenvalue weighted by atomic mass is 9.88. The highest BCUT2D eigenvalue weighted by Gasteiger charge is 2.17. The second-order valence-corrected chi connectivity index (χ2v) is 6.72. The number of nitrogens with zero attached hydrogens (tertiary/aromatic N) is 1. The van der Waals surface area contributed by atoms with E-state index in [1.807, 2.05) is 0 Å². The maximum Gasteiger partial charge on any atom is 0.0116 e. The normalized spacial score (nSPS) is 19.3. The summed E-state index contributed by atoms with van der Waals surface area (Å²) in [6.07, 6.45) is 9.69. The van der Waals surface area contributed by atoms with Gasteiger partial charge < -0.3 is 10.2 Å². The molecule has 0 aromatic carbocycles. The molecule has 1 aliphatic heterocycles. The van der Waals surface area contributed by atoms with E-state index in [0.29, 0.717) is 0 Å². The van der Waals surface area contributed by atoms with E-state index in [2.05, 4.69) is 38.0 Å². The fourth-order valence-corrected chi connectivity index (χ4v) is 3.38. The van der Waals surface area contributed by atoms with Crippen LogP contribution in [0.25, 0.3) is 0 Å². The molecular weight excluding hydrogens is 232 g/mol. The van der Waals surface area contributed by atoms with Crippen LogP contribution in [0.5, 0.6) is 0 Å². The topological polar surface area (TPSA) is 15.3 Å². The van der Waals surface area contributed by atoms with Crippen LogP contribution in [0.2, 0.25) is 0 Å². The number of hydrogen-bond donors (Lipinski definition) is 1. The van der Waals surface area contributed by atoms with E-state index in [9.17, 15) is 0 Å². The van der Waals surface area contributed by atoms with Gasteiger partial charge in [-0.2, -0.15) is 0 Å². The van der Waals surface area contributed by atoms with Crippen LogP contribution in [0.15, 0.2) is 0 Å². The molecule has 2 nitrogen and oxygen atoms in total. The monoisotopic (exact) mass is 268 g/mol. The van der Waals surface area contributed by atoms with Gasteiger partial charge in [-0.3, -0.25) is 0 Å². The van der Waals surface area contributed by atoms with Crippen LogP contribution in [-0.2, 0) is 0 Å². The Balaban J connectivity index is 2.03. The zero-order chi connectivity index (χ0) is 14.1. The summed E-state index contributed by atoms with van der Waals surface area (Å²) in [5.74, 6) is 1.81. The summed E-state index contributed by atoms with van der Waals surface area (Å²) in [4.78, 5) is 2.60. The van der Waals surface area contributed by atoms with Gasteiger partial charge in [0.25, 0.3) is 0 Å². The zero-order valence-electron chi connectivity index (χ0n) is 13.8. The lowest BCUT2D eigenvalue weighted by Gasteiger charge is -2.31. The molecule has 1 heterocycles. The molecule has 0 bridgehead atoms. The van der Waals surface area contributed by atoms with Crippen molar-refractivity contribution in [2.24, 2.45) is 11.8 Å². The minimum Gasteiger partial charge on any atom is -0.317 e. The maximum absolute atomic E-state index is 3.45. The molecule has 1 rings (SSSR count). The molecule has 0 aliphatic carbocycles. The molecule has 2 heteroatoms. The van der Waals surface area contributed by atoms with Crippen molar-refractivity contribution in [3.8, 4) is 0 Å². The first kappa shape index (κ1) is 17.0. The molecule has 0 spiro atoms. The van der Waals surface area contributed by atoms with Crippen LogP contribution >= 0.6 is 0 Å². The van der Waals surface area contributed by atoms with E-state index >= 15 is 0 Å². The van der Waals surface area contributed by atoms with Crippen molar-refractivity contribution in [3.63, 3.8) is 0 Å². The van der Waals surface area contributed by atoms with Crippen molar-refractivity contribution < 1.29 is 0 Å². The summed E-state index contributed by atoms with van der Waals surface area (Å²) in [5, 5.41) is 3.45. The molecule has 1 unspecified atom stereocenters. The van der Waals surface area contributed by atoms with Gasteiger partial charge in [-0.25, -0.2) is 0 Å². The van der Waals surface area contributed by atoms with Crippen molar-refractivity contribution >= 4 is 0 Å². The second kappa shape index (κ2) is 9.77. The highest BCUT2D eigenvalue weighted by molar-refractivity contribution is 4.75. The molecule has 1 saturated heterocycles. The average molecular weight is 268 g/mol. The fourth-order valence-electron chi connectivity index (χ4n) is 3.38. The van der Waals surface area contributed by atoms with Crippen LogP contribution in [0.1, 0.15) is 65.7 Å². The Morgan fingerprint density at radius 2 is 1.79 bits per heavy atom. The standard InChI is InChI=1S/C17H36N2/c1-5-16(15(2)3)9-7-6-8-14-19(4)17-10-12-18-13-11-17/h15-18H,5-14H2,1-4H3. The summed E-state index contributed by atoms with van der Waals surface area (Å²) in [6.45, 7) is 10.8. The van der Waals surface area contributed by atoms with Gasteiger partial charge in [0.1, 0.15) is 0 Å². The summed E-state index contributed by atoms with van der Waals surface area (Å²) < 4.78 is 0. The van der Waals surface area contributed by atoms with Gasteiger partial charge >= 0.3 is 0 Å². The molecule has 0 saturated carbocycles. The van der Waals surface area contributed by atoms with E-state index in [-0.39, 0.29) is 0 Å². The van der Waals surface area contributed by atoms with Gasteiger partial charge in [-0.15, -0.1) is 0 Å². The molecular formula is C17H36N2. The number of hydrogen-bond acceptors (Lipinski definition) is 2. The minimum absolute atomic E-state index is 0.834. The highest BCUT2D eigenvalue weighted by Crippen LogP contribution is 2.22. The third-order valence-corrected chi connectivity index (χ3v) is 4.98. The van der Waals surface area contributed by atoms with Gasteiger partial charge in [-0.1, -0.05) is 46.5 Å². The lowest BCUT2D eigenvalue weighted by molar-refractivity contribution is 0.194. The molecule has 19 heavy (non-hydrogen) atoms. The summed E-state index contributed by atoms with van der Waals surface area (Å²) in [6, 6.07) is 0.834. The summed E-state index contributed by atoms with van der Waals surface area (Å²) >= 11 is 0. The van der Waals surface area contributed by atoms with Crippen LogP contribution < -0.4 is 5.32 Å². The number of nitrogens with one attached hydrogen (secondary N) is 1. The smallest absolute Gasteiger partial charge is 0.0116 e. The largest absolute Gasteiger partial charge is 0.317 e. The average Bonchev–Trinajstić information content (AvgIpc) is 2.43. The van der Waals surface area contributed by atoms with Crippen LogP contribution in [0.3, 0.4) is 0 Å². The predicted octanol–water partition coefficient (Wildman–Crippen LogP) is 3.91. The third-order valence-electron chi connectivity index (χ3n) is 4.98. The SMILES string of the molecule is CCC(CCCCCN(C)C1CCNCC1)C(C)C. The Morgan fingerprint density at radius 1 is 1.11 bits per heavy atom. The van der Waals surface area contributed by atoms with Crippen molar-refractivity contribution in [2.45, 2.75) is 71.8 Å². The third kappa shape index (κ3) is 6.76. The molecule has 0 aromatic rings. The predicted molar refractivity (Wildman–Crippen MR) is 85.6 cm³/mol. The first-order chi connectivity index (χ1) is 9.15. The second-order valence-electron chi connectivity index (χ2n) is 6.72. The number of piperidine rings is 1. The highest BCUT2D eigenvalue weighted by atomic mass is 15.1. The molecule has 114 valence electrons. The van der Waals surface area contributed by atoms with Crippen LogP contribution in [-0.4, -0.2) is 37.6 Å². The van der Waals surface area contributed by atoms with Gasteiger partial charge in [-0.05, 0) is 57.8 Å². The molecule has 1 aliphatic rings. The van der Waals surface area contributed by atoms with Gasteiger partial charge in [0, 0.05) is 6.04 Å². The molecule has 1 atom stereocenters. The van der Waals surface area contributed by atoms with E-state index < -0.39 is 0 Å². The molecule has 1 fully saturated rings. The lowest BCUT2D eigenvalue weighted by Crippen LogP contribution is -2.41.